The summed E-state index contributed by atoms with van der Waals surface area (Å²) in [5.41, 5.74) is 5.71. The van der Waals surface area contributed by atoms with Gasteiger partial charge in [0.05, 0.1) is 12.5 Å². The van der Waals surface area contributed by atoms with Crippen LogP contribution in [0.1, 0.15) is 47.5 Å². The van der Waals surface area contributed by atoms with Crippen LogP contribution in [0.5, 0.6) is 0 Å². The van der Waals surface area contributed by atoms with Crippen LogP contribution >= 0.6 is 0 Å². The summed E-state index contributed by atoms with van der Waals surface area (Å²) < 4.78 is 0. The van der Waals surface area contributed by atoms with Crippen molar-refractivity contribution in [2.75, 3.05) is 0 Å². The van der Waals surface area contributed by atoms with Crippen LogP contribution in [0.2, 0.25) is 0 Å². The molecule has 166 valence electrons. The van der Waals surface area contributed by atoms with Gasteiger partial charge >= 0.3 is 11.9 Å². The molecular weight excluding hydrogens is 384 g/mol. The molecule has 0 bridgehead atoms. The molecule has 0 rings (SSSR count). The minimum absolute atomic E-state index is 0.0377. The molecule has 0 saturated heterocycles. The van der Waals surface area contributed by atoms with Crippen LogP contribution in [-0.2, 0) is 24.0 Å². The fourth-order valence-corrected chi connectivity index (χ4v) is 2.32. The predicted molar refractivity (Wildman–Crippen MR) is 104 cm³/mol. The van der Waals surface area contributed by atoms with E-state index >= 15 is 0 Å². The van der Waals surface area contributed by atoms with Crippen molar-refractivity contribution in [1.29, 1.82) is 0 Å². The number of amides is 3. The number of carbonyl (C=O) groups excluding carboxylic acids is 3. The van der Waals surface area contributed by atoms with Crippen molar-refractivity contribution in [2.24, 2.45) is 17.6 Å². The maximum Gasteiger partial charge on any atom is 0.326 e. The van der Waals surface area contributed by atoms with Crippen LogP contribution in [-0.4, -0.2) is 64.0 Å². The van der Waals surface area contributed by atoms with Gasteiger partial charge in [0.25, 0.3) is 0 Å². The lowest BCUT2D eigenvalue weighted by Crippen LogP contribution is -2.57. The second-order valence-electron chi connectivity index (χ2n) is 7.69. The van der Waals surface area contributed by atoms with Crippen LogP contribution in [0, 0.1) is 11.8 Å². The van der Waals surface area contributed by atoms with Gasteiger partial charge in [-0.05, 0) is 25.2 Å². The third-order valence-corrected chi connectivity index (χ3v) is 4.11. The molecule has 0 aliphatic heterocycles. The number of carbonyl (C=O) groups is 5. The average molecular weight is 416 g/mol. The monoisotopic (exact) mass is 416 g/mol. The minimum atomic E-state index is -1.51. The maximum atomic E-state index is 12.4. The van der Waals surface area contributed by atoms with Crippen molar-refractivity contribution >= 4 is 29.7 Å². The van der Waals surface area contributed by atoms with Crippen LogP contribution in [0.25, 0.3) is 0 Å². The number of aliphatic carboxylic acids is 2. The molecule has 4 unspecified atom stereocenters. The van der Waals surface area contributed by atoms with Crippen molar-refractivity contribution in [3.63, 3.8) is 0 Å². The summed E-state index contributed by atoms with van der Waals surface area (Å²) in [4.78, 5) is 59.0. The summed E-state index contributed by atoms with van der Waals surface area (Å²) in [6.07, 6.45) is -0.619. The van der Waals surface area contributed by atoms with E-state index in [1.807, 2.05) is 0 Å². The number of carboxylic acid groups (broad SMARTS) is 2. The molecule has 7 N–H and O–H groups in total. The Balaban J connectivity index is 5.15. The lowest BCUT2D eigenvalue weighted by Gasteiger charge is -2.24. The maximum absolute atomic E-state index is 12.4. The first-order valence-electron chi connectivity index (χ1n) is 9.37. The van der Waals surface area contributed by atoms with Gasteiger partial charge in [0, 0.05) is 0 Å². The summed E-state index contributed by atoms with van der Waals surface area (Å²) in [6.45, 7) is 8.36. The lowest BCUT2D eigenvalue weighted by atomic mass is 10.0. The largest absolute Gasteiger partial charge is 0.481 e. The summed E-state index contributed by atoms with van der Waals surface area (Å²) in [5, 5.41) is 25.1. The number of hydrogen-bond acceptors (Lipinski definition) is 6. The minimum Gasteiger partial charge on any atom is -0.481 e. The highest BCUT2D eigenvalue weighted by Gasteiger charge is 2.30. The van der Waals surface area contributed by atoms with E-state index in [9.17, 15) is 29.1 Å². The summed E-state index contributed by atoms with van der Waals surface area (Å²) >= 11 is 0. The smallest absolute Gasteiger partial charge is 0.326 e. The first kappa shape index (κ1) is 26.3. The summed E-state index contributed by atoms with van der Waals surface area (Å²) in [6, 6.07) is -4.65. The van der Waals surface area contributed by atoms with Gasteiger partial charge in [-0.1, -0.05) is 27.7 Å². The highest BCUT2D eigenvalue weighted by Crippen LogP contribution is 2.06. The second kappa shape index (κ2) is 12.0. The second-order valence-corrected chi connectivity index (χ2v) is 7.69. The zero-order valence-corrected chi connectivity index (χ0v) is 17.4. The van der Waals surface area contributed by atoms with Gasteiger partial charge in [0.1, 0.15) is 18.1 Å². The van der Waals surface area contributed by atoms with E-state index in [4.69, 9.17) is 10.8 Å². The molecule has 11 nitrogen and oxygen atoms in total. The molecule has 0 aromatic heterocycles. The molecule has 0 heterocycles. The molecule has 29 heavy (non-hydrogen) atoms. The molecule has 0 fully saturated rings. The predicted octanol–water partition coefficient (Wildman–Crippen LogP) is -0.951. The Bertz CT molecular complexity index is 621. The Labute approximate surface area is 169 Å². The topological polar surface area (TPSA) is 188 Å². The van der Waals surface area contributed by atoms with Crippen LogP contribution in [0.4, 0.5) is 0 Å². The fraction of sp³-hybridized carbons (Fsp3) is 0.722. The molecule has 3 amide bonds. The number of rotatable bonds is 12. The lowest BCUT2D eigenvalue weighted by molar-refractivity contribution is -0.144. The van der Waals surface area contributed by atoms with Crippen molar-refractivity contribution in [3.05, 3.63) is 0 Å². The van der Waals surface area contributed by atoms with E-state index in [0.717, 1.165) is 0 Å². The molecule has 0 aliphatic carbocycles. The number of nitrogens with one attached hydrogen (secondary N) is 3. The van der Waals surface area contributed by atoms with Gasteiger partial charge in [-0.2, -0.15) is 0 Å². The van der Waals surface area contributed by atoms with Crippen molar-refractivity contribution in [1.82, 2.24) is 16.0 Å². The van der Waals surface area contributed by atoms with Crippen molar-refractivity contribution in [2.45, 2.75) is 71.6 Å². The van der Waals surface area contributed by atoms with Gasteiger partial charge in [0.2, 0.25) is 17.7 Å². The molecule has 0 aliphatic rings. The summed E-state index contributed by atoms with van der Waals surface area (Å²) in [5.74, 6) is -5.13. The molecule has 0 radical (unpaired) electrons. The van der Waals surface area contributed by atoms with Crippen LogP contribution in [0.3, 0.4) is 0 Å². The summed E-state index contributed by atoms with van der Waals surface area (Å²) in [7, 11) is 0. The molecule has 4 atom stereocenters. The van der Waals surface area contributed by atoms with E-state index in [1.54, 1.807) is 27.7 Å². The van der Waals surface area contributed by atoms with E-state index in [-0.39, 0.29) is 18.3 Å². The van der Waals surface area contributed by atoms with Gasteiger partial charge in [-0.3, -0.25) is 19.2 Å². The highest BCUT2D eigenvalue weighted by molar-refractivity contribution is 5.95. The number of carboxylic acids is 2. The number of nitrogens with two attached hydrogens (primary N) is 1. The SMILES string of the molecule is CC(C)CC(NC(=O)C(CC(=O)O)NC(=O)C(C)NC(=O)C(N)C(C)C)C(=O)O. The third-order valence-electron chi connectivity index (χ3n) is 4.11. The normalized spacial score (nSPS) is 15.2. The zero-order valence-electron chi connectivity index (χ0n) is 17.4. The third kappa shape index (κ3) is 9.88. The highest BCUT2D eigenvalue weighted by atomic mass is 16.4. The van der Waals surface area contributed by atoms with E-state index in [0.29, 0.717) is 0 Å². The van der Waals surface area contributed by atoms with Gasteiger partial charge in [0.15, 0.2) is 0 Å². The van der Waals surface area contributed by atoms with Crippen LogP contribution < -0.4 is 21.7 Å². The standard InChI is InChI=1S/C18H32N4O7/c1-8(2)6-12(18(28)29)22-16(26)11(7-13(23)24)21-15(25)10(5)20-17(27)14(19)9(3)4/h8-12,14H,6-7,19H2,1-5H3,(H,20,27)(H,21,25)(H,22,26)(H,23,24)(H,28,29). The van der Waals surface area contributed by atoms with Gasteiger partial charge < -0.3 is 31.9 Å². The number of hydrogen-bond donors (Lipinski definition) is 6. The average Bonchev–Trinajstić information content (AvgIpc) is 2.58. The Hall–Kier alpha value is -2.69. The zero-order chi connectivity index (χ0) is 22.9. The van der Waals surface area contributed by atoms with E-state index in [2.05, 4.69) is 16.0 Å². The Morgan fingerprint density at radius 1 is 0.793 bits per heavy atom. The fourth-order valence-electron chi connectivity index (χ4n) is 2.32. The molecule has 0 aromatic rings. The van der Waals surface area contributed by atoms with Crippen LogP contribution in [0.15, 0.2) is 0 Å². The Morgan fingerprint density at radius 2 is 1.31 bits per heavy atom. The Kier molecular flexibility index (Phi) is 10.9. The first-order chi connectivity index (χ1) is 13.3. The molecule has 11 heteroatoms. The van der Waals surface area contributed by atoms with E-state index in [1.165, 1.54) is 6.92 Å². The first-order valence-corrected chi connectivity index (χ1v) is 9.37. The molecule has 0 aromatic carbocycles. The van der Waals surface area contributed by atoms with E-state index < -0.39 is 60.2 Å². The molecule has 0 saturated carbocycles. The van der Waals surface area contributed by atoms with Crippen molar-refractivity contribution < 1.29 is 34.2 Å². The quantitative estimate of drug-likeness (QED) is 0.235. The molecular formula is C18H32N4O7. The van der Waals surface area contributed by atoms with Gasteiger partial charge in [-0.15, -0.1) is 0 Å². The van der Waals surface area contributed by atoms with Crippen molar-refractivity contribution in [3.8, 4) is 0 Å². The Morgan fingerprint density at radius 3 is 1.72 bits per heavy atom. The molecule has 0 spiro atoms. The van der Waals surface area contributed by atoms with Gasteiger partial charge in [-0.25, -0.2) is 4.79 Å².